The number of halogens is 1. The highest BCUT2D eigenvalue weighted by molar-refractivity contribution is 9.10. The molecule has 0 bridgehead atoms. The third kappa shape index (κ3) is 2.92. The van der Waals surface area contributed by atoms with E-state index in [1.54, 1.807) is 19.2 Å². The quantitative estimate of drug-likeness (QED) is 0.624. The van der Waals surface area contributed by atoms with Crippen molar-refractivity contribution in [1.29, 1.82) is 0 Å². The number of hydrogen-bond acceptors (Lipinski definition) is 5. The molecule has 22 heavy (non-hydrogen) atoms. The number of aromatic nitrogens is 2. The van der Waals surface area contributed by atoms with Crippen molar-refractivity contribution < 1.29 is 9.66 Å². The van der Waals surface area contributed by atoms with Crippen molar-refractivity contribution in [3.63, 3.8) is 0 Å². The first-order valence-corrected chi connectivity index (χ1v) is 7.68. The molecule has 7 nitrogen and oxygen atoms in total. The average molecular weight is 367 g/mol. The summed E-state index contributed by atoms with van der Waals surface area (Å²) in [6, 6.07) is 5.38. The molecule has 0 amide bonds. The van der Waals surface area contributed by atoms with Gasteiger partial charge in [0.1, 0.15) is 5.69 Å². The van der Waals surface area contributed by atoms with Crippen LogP contribution in [0.1, 0.15) is 24.4 Å². The van der Waals surface area contributed by atoms with Gasteiger partial charge in [0.15, 0.2) is 0 Å². The largest absolute Gasteiger partial charge is 0.478 e. The molecule has 1 aliphatic carbocycles. The zero-order chi connectivity index (χ0) is 15.7. The lowest BCUT2D eigenvalue weighted by atomic mass is 10.2. The van der Waals surface area contributed by atoms with Crippen LogP contribution in [0.4, 0.5) is 11.4 Å². The maximum Gasteiger partial charge on any atom is 0.275 e. The first-order valence-electron chi connectivity index (χ1n) is 6.89. The number of benzene rings is 1. The van der Waals surface area contributed by atoms with Gasteiger partial charge in [-0.2, -0.15) is 0 Å². The lowest BCUT2D eigenvalue weighted by Gasteiger charge is -2.08. The van der Waals surface area contributed by atoms with Gasteiger partial charge in [0.25, 0.3) is 11.6 Å². The Labute approximate surface area is 135 Å². The number of nitrogens with one attached hydrogen (secondary N) is 1. The van der Waals surface area contributed by atoms with Crippen molar-refractivity contribution in [2.24, 2.45) is 0 Å². The summed E-state index contributed by atoms with van der Waals surface area (Å²) >= 11 is 3.37. The smallest absolute Gasteiger partial charge is 0.275 e. The van der Waals surface area contributed by atoms with E-state index in [0.717, 1.165) is 18.5 Å². The van der Waals surface area contributed by atoms with E-state index in [9.17, 15) is 10.1 Å². The maximum absolute atomic E-state index is 11.1. The Balaban J connectivity index is 1.82. The molecule has 0 atom stereocenters. The molecule has 1 N–H and O–H groups in total. The molecule has 116 valence electrons. The molecule has 2 aromatic rings. The Hall–Kier alpha value is -2.09. The number of methoxy groups -OCH3 is 1. The van der Waals surface area contributed by atoms with Gasteiger partial charge in [-0.25, -0.2) is 0 Å². The van der Waals surface area contributed by atoms with Crippen LogP contribution in [-0.4, -0.2) is 21.8 Å². The van der Waals surface area contributed by atoms with E-state index in [2.05, 4.69) is 26.3 Å². The fourth-order valence-corrected chi connectivity index (χ4v) is 2.75. The molecule has 1 heterocycles. The summed E-state index contributed by atoms with van der Waals surface area (Å²) in [4.78, 5) is 10.7. The summed E-state index contributed by atoms with van der Waals surface area (Å²) < 4.78 is 7.84. The summed E-state index contributed by atoms with van der Waals surface area (Å²) in [5.41, 5.74) is 1.41. The predicted octanol–water partition coefficient (Wildman–Crippen LogP) is 3.51. The molecule has 0 aliphatic heterocycles. The Morgan fingerprint density at radius 2 is 2.32 bits per heavy atom. The molecule has 1 aliphatic rings. The van der Waals surface area contributed by atoms with Crippen LogP contribution in [0, 0.1) is 10.1 Å². The van der Waals surface area contributed by atoms with Gasteiger partial charge in [0.2, 0.25) is 0 Å². The number of hydrogen-bond donors (Lipinski definition) is 1. The van der Waals surface area contributed by atoms with E-state index in [1.807, 2.05) is 10.9 Å². The number of anilines is 1. The monoisotopic (exact) mass is 366 g/mol. The normalized spacial score (nSPS) is 13.9. The molecule has 1 fully saturated rings. The van der Waals surface area contributed by atoms with E-state index in [4.69, 9.17) is 4.74 Å². The van der Waals surface area contributed by atoms with E-state index < -0.39 is 0 Å². The van der Waals surface area contributed by atoms with Gasteiger partial charge in [0.05, 0.1) is 29.8 Å². The second-order valence-electron chi connectivity index (χ2n) is 5.11. The second-order valence-corrected chi connectivity index (χ2v) is 5.97. The molecule has 1 aromatic heterocycles. The van der Waals surface area contributed by atoms with Gasteiger partial charge < -0.3 is 10.1 Å². The van der Waals surface area contributed by atoms with Crippen LogP contribution < -0.4 is 10.1 Å². The van der Waals surface area contributed by atoms with E-state index in [1.165, 1.54) is 6.07 Å². The van der Waals surface area contributed by atoms with E-state index in [-0.39, 0.29) is 10.6 Å². The standard InChI is InChI=1S/C14H15BrN4O3/c1-22-14-12(8-18(17-14)9-5-6-9)16-7-10-11(15)3-2-4-13(10)19(20)21/h2-4,8-9,16H,5-7H2,1H3. The maximum atomic E-state index is 11.1. The van der Waals surface area contributed by atoms with Crippen molar-refractivity contribution in [1.82, 2.24) is 9.78 Å². The summed E-state index contributed by atoms with van der Waals surface area (Å²) in [5.74, 6) is 0.501. The molecule has 1 aromatic carbocycles. The molecule has 0 saturated heterocycles. The molecule has 0 radical (unpaired) electrons. The molecule has 8 heteroatoms. The summed E-state index contributed by atoms with van der Waals surface area (Å²) in [5, 5.41) is 18.7. The van der Waals surface area contributed by atoms with Gasteiger partial charge in [-0.1, -0.05) is 22.0 Å². The van der Waals surface area contributed by atoms with Crippen LogP contribution in [-0.2, 0) is 6.54 Å². The van der Waals surface area contributed by atoms with Crippen LogP contribution in [0.25, 0.3) is 0 Å². The van der Waals surface area contributed by atoms with Gasteiger partial charge in [-0.05, 0) is 18.9 Å². The highest BCUT2D eigenvalue weighted by Crippen LogP contribution is 2.37. The first-order chi connectivity index (χ1) is 10.6. The van der Waals surface area contributed by atoms with Crippen molar-refractivity contribution in [3.05, 3.63) is 44.5 Å². The van der Waals surface area contributed by atoms with Crippen LogP contribution in [0.3, 0.4) is 0 Å². The summed E-state index contributed by atoms with van der Waals surface area (Å²) in [6.45, 7) is 0.310. The van der Waals surface area contributed by atoms with E-state index >= 15 is 0 Å². The predicted molar refractivity (Wildman–Crippen MR) is 85.2 cm³/mol. The summed E-state index contributed by atoms with van der Waals surface area (Å²) in [7, 11) is 1.56. The van der Waals surface area contributed by atoms with Crippen molar-refractivity contribution in [2.75, 3.05) is 12.4 Å². The highest BCUT2D eigenvalue weighted by atomic mass is 79.9. The Morgan fingerprint density at radius 3 is 2.95 bits per heavy atom. The topological polar surface area (TPSA) is 82.2 Å². The van der Waals surface area contributed by atoms with Gasteiger partial charge in [-0.3, -0.25) is 14.8 Å². The van der Waals surface area contributed by atoms with Crippen LogP contribution in [0.2, 0.25) is 0 Å². The van der Waals surface area contributed by atoms with Crippen molar-refractivity contribution >= 4 is 27.3 Å². The lowest BCUT2D eigenvalue weighted by Crippen LogP contribution is -2.04. The SMILES string of the molecule is COc1nn(C2CC2)cc1NCc1c(Br)cccc1[N+](=O)[O-]. The zero-order valence-electron chi connectivity index (χ0n) is 12.0. The third-order valence-electron chi connectivity index (χ3n) is 3.56. The molecule has 1 saturated carbocycles. The van der Waals surface area contributed by atoms with Crippen molar-refractivity contribution in [3.8, 4) is 5.88 Å². The van der Waals surface area contributed by atoms with Crippen LogP contribution in [0.5, 0.6) is 5.88 Å². The minimum Gasteiger partial charge on any atom is -0.478 e. The number of nitro benzene ring substituents is 1. The fourth-order valence-electron chi connectivity index (χ4n) is 2.25. The van der Waals surface area contributed by atoms with Gasteiger partial charge >= 0.3 is 0 Å². The third-order valence-corrected chi connectivity index (χ3v) is 4.30. The Bertz CT molecular complexity index is 712. The van der Waals surface area contributed by atoms with E-state index in [0.29, 0.717) is 28.5 Å². The molecular formula is C14H15BrN4O3. The minimum atomic E-state index is -0.382. The second kappa shape index (κ2) is 5.96. The molecule has 0 spiro atoms. The first kappa shape index (κ1) is 14.8. The van der Waals surface area contributed by atoms with Gasteiger partial charge in [-0.15, -0.1) is 5.10 Å². The number of nitrogens with zero attached hydrogens (tertiary/aromatic N) is 3. The van der Waals surface area contributed by atoms with Crippen molar-refractivity contribution in [2.45, 2.75) is 25.4 Å². The highest BCUT2D eigenvalue weighted by Gasteiger charge is 2.26. The molecular weight excluding hydrogens is 352 g/mol. The Kier molecular flexibility index (Phi) is 4.02. The minimum absolute atomic E-state index is 0.0791. The van der Waals surface area contributed by atoms with Crippen LogP contribution >= 0.6 is 15.9 Å². The number of nitro groups is 1. The zero-order valence-corrected chi connectivity index (χ0v) is 13.5. The van der Waals surface area contributed by atoms with Gasteiger partial charge in [0, 0.05) is 17.1 Å². The van der Waals surface area contributed by atoms with Crippen LogP contribution in [0.15, 0.2) is 28.9 Å². The molecule has 3 rings (SSSR count). The number of ether oxygens (including phenoxy) is 1. The fraction of sp³-hybridized carbons (Fsp3) is 0.357. The lowest BCUT2D eigenvalue weighted by molar-refractivity contribution is -0.385. The number of rotatable bonds is 6. The Morgan fingerprint density at radius 1 is 1.55 bits per heavy atom. The average Bonchev–Trinajstić information content (AvgIpc) is 3.26. The summed E-state index contributed by atoms with van der Waals surface area (Å²) in [6.07, 6.45) is 4.14. The molecule has 0 unspecified atom stereocenters.